The number of anilines is 1. The summed E-state index contributed by atoms with van der Waals surface area (Å²) in [5, 5.41) is 3.62. The van der Waals surface area contributed by atoms with Crippen molar-refractivity contribution in [1.29, 1.82) is 0 Å². The number of hydrogen-bond acceptors (Lipinski definition) is 5. The number of alkyl halides is 3. The topological polar surface area (TPSA) is 49.6 Å². The van der Waals surface area contributed by atoms with Gasteiger partial charge in [-0.3, -0.25) is 4.90 Å². The molecule has 6 nitrogen and oxygen atoms in total. The zero-order valence-electron chi connectivity index (χ0n) is 13.6. The first kappa shape index (κ1) is 16.7. The molecule has 1 fully saturated rings. The Kier molecular flexibility index (Phi) is 4.20. The molecule has 130 valence electrons. The summed E-state index contributed by atoms with van der Waals surface area (Å²) in [6, 6.07) is 1.75. The fourth-order valence-corrected chi connectivity index (χ4v) is 2.83. The van der Waals surface area contributed by atoms with E-state index in [0.29, 0.717) is 24.6 Å². The molecule has 0 spiro atoms. The first-order valence-electron chi connectivity index (χ1n) is 7.67. The van der Waals surface area contributed by atoms with Crippen LogP contribution < -0.4 is 4.90 Å². The second kappa shape index (κ2) is 6.04. The molecule has 1 saturated heterocycles. The highest BCUT2D eigenvalue weighted by Crippen LogP contribution is 2.28. The van der Waals surface area contributed by atoms with Gasteiger partial charge >= 0.3 is 6.18 Å². The summed E-state index contributed by atoms with van der Waals surface area (Å²) < 4.78 is 39.8. The van der Waals surface area contributed by atoms with Crippen molar-refractivity contribution in [3.05, 3.63) is 29.7 Å². The molecule has 0 amide bonds. The molecule has 1 aliphatic heterocycles. The van der Waals surface area contributed by atoms with Gasteiger partial charge in [-0.15, -0.1) is 5.10 Å². The highest BCUT2D eigenvalue weighted by atomic mass is 19.4. The SMILES string of the molecule is C=C(C)CN1CCN(c2cc(C)nc3nc(C(F)(F)F)nn23)CC1. The Balaban J connectivity index is 1.89. The lowest BCUT2D eigenvalue weighted by molar-refractivity contribution is -0.144. The van der Waals surface area contributed by atoms with Gasteiger partial charge in [0.15, 0.2) is 0 Å². The van der Waals surface area contributed by atoms with Gasteiger partial charge in [0.2, 0.25) is 0 Å². The maximum atomic E-state index is 12.9. The third kappa shape index (κ3) is 3.35. The van der Waals surface area contributed by atoms with Gasteiger partial charge < -0.3 is 4.90 Å². The fraction of sp³-hybridized carbons (Fsp3) is 0.533. The van der Waals surface area contributed by atoms with Gasteiger partial charge in [0, 0.05) is 44.5 Å². The van der Waals surface area contributed by atoms with Crippen LogP contribution in [0.5, 0.6) is 0 Å². The first-order chi connectivity index (χ1) is 11.2. The van der Waals surface area contributed by atoms with Crippen molar-refractivity contribution in [2.75, 3.05) is 37.6 Å². The average molecular weight is 340 g/mol. The molecule has 0 bridgehead atoms. The van der Waals surface area contributed by atoms with Gasteiger partial charge in [0.05, 0.1) is 0 Å². The summed E-state index contributed by atoms with van der Waals surface area (Å²) in [7, 11) is 0. The van der Waals surface area contributed by atoms with Gasteiger partial charge in [-0.25, -0.2) is 4.98 Å². The van der Waals surface area contributed by atoms with Crippen LogP contribution in [0.15, 0.2) is 18.2 Å². The summed E-state index contributed by atoms with van der Waals surface area (Å²) in [5.74, 6) is -0.597. The van der Waals surface area contributed by atoms with E-state index < -0.39 is 12.0 Å². The normalized spacial score (nSPS) is 16.8. The summed E-state index contributed by atoms with van der Waals surface area (Å²) in [6.07, 6.45) is -4.58. The van der Waals surface area contributed by atoms with E-state index >= 15 is 0 Å². The Morgan fingerprint density at radius 1 is 1.21 bits per heavy atom. The van der Waals surface area contributed by atoms with Crippen LogP contribution in [0.1, 0.15) is 18.4 Å². The average Bonchev–Trinajstić information content (AvgIpc) is 2.90. The number of aromatic nitrogens is 4. The van der Waals surface area contributed by atoms with Crippen LogP contribution in [-0.4, -0.2) is 57.2 Å². The van der Waals surface area contributed by atoms with E-state index in [4.69, 9.17) is 0 Å². The number of nitrogens with zero attached hydrogens (tertiary/aromatic N) is 6. The molecular weight excluding hydrogens is 321 g/mol. The van der Waals surface area contributed by atoms with Crippen molar-refractivity contribution in [3.8, 4) is 0 Å². The number of aryl methyl sites for hydroxylation is 1. The van der Waals surface area contributed by atoms with E-state index in [2.05, 4.69) is 26.5 Å². The largest absolute Gasteiger partial charge is 0.453 e. The molecule has 9 heteroatoms. The van der Waals surface area contributed by atoms with Crippen molar-refractivity contribution < 1.29 is 13.2 Å². The van der Waals surface area contributed by atoms with Gasteiger partial charge in [-0.1, -0.05) is 12.2 Å². The molecule has 0 saturated carbocycles. The maximum absolute atomic E-state index is 12.9. The third-order valence-corrected chi connectivity index (χ3v) is 3.86. The Labute approximate surface area is 137 Å². The minimum atomic E-state index is -4.58. The minimum Gasteiger partial charge on any atom is -0.354 e. The minimum absolute atomic E-state index is 0.0262. The molecular formula is C15H19F3N6. The second-order valence-corrected chi connectivity index (χ2v) is 6.12. The lowest BCUT2D eigenvalue weighted by atomic mass is 10.2. The number of hydrogen-bond donors (Lipinski definition) is 0. The number of piperazine rings is 1. The van der Waals surface area contributed by atoms with Crippen molar-refractivity contribution in [2.24, 2.45) is 0 Å². The van der Waals surface area contributed by atoms with Crippen LogP contribution in [-0.2, 0) is 6.18 Å². The molecule has 3 heterocycles. The van der Waals surface area contributed by atoms with Crippen LogP contribution in [0.2, 0.25) is 0 Å². The van der Waals surface area contributed by atoms with E-state index in [1.807, 2.05) is 11.8 Å². The van der Waals surface area contributed by atoms with E-state index in [-0.39, 0.29) is 5.78 Å². The molecule has 0 aliphatic carbocycles. The molecule has 2 aromatic rings. The number of fused-ring (bicyclic) bond motifs is 1. The van der Waals surface area contributed by atoms with Crippen molar-refractivity contribution in [1.82, 2.24) is 24.5 Å². The van der Waals surface area contributed by atoms with Gasteiger partial charge in [0.25, 0.3) is 11.6 Å². The van der Waals surface area contributed by atoms with Gasteiger partial charge in [-0.2, -0.15) is 22.7 Å². The molecule has 0 radical (unpaired) electrons. The fourth-order valence-electron chi connectivity index (χ4n) is 2.83. The monoisotopic (exact) mass is 340 g/mol. The molecule has 0 unspecified atom stereocenters. The zero-order valence-corrected chi connectivity index (χ0v) is 13.6. The Morgan fingerprint density at radius 3 is 2.46 bits per heavy atom. The maximum Gasteiger partial charge on any atom is 0.453 e. The summed E-state index contributed by atoms with van der Waals surface area (Å²) in [6.45, 7) is 11.5. The highest BCUT2D eigenvalue weighted by molar-refractivity contribution is 5.48. The number of halogens is 3. The Morgan fingerprint density at radius 2 is 1.88 bits per heavy atom. The van der Waals surface area contributed by atoms with E-state index in [1.54, 1.807) is 13.0 Å². The Bertz CT molecular complexity index is 758. The lowest BCUT2D eigenvalue weighted by Gasteiger charge is -2.36. The quantitative estimate of drug-likeness (QED) is 0.802. The standard InChI is InChI=1S/C15H19F3N6/c1-10(2)9-22-4-6-23(7-5-22)12-8-11(3)19-14-20-13(15(16,17)18)21-24(12)14/h8H,1,4-7,9H2,2-3H3. The van der Waals surface area contributed by atoms with E-state index in [0.717, 1.165) is 25.2 Å². The summed E-state index contributed by atoms with van der Waals surface area (Å²) >= 11 is 0. The predicted octanol–water partition coefficient (Wildman–Crippen LogP) is 2.15. The van der Waals surface area contributed by atoms with Crippen LogP contribution in [0.25, 0.3) is 5.78 Å². The van der Waals surface area contributed by atoms with Crippen LogP contribution in [0.3, 0.4) is 0 Å². The lowest BCUT2D eigenvalue weighted by Crippen LogP contribution is -2.47. The molecule has 3 rings (SSSR count). The van der Waals surface area contributed by atoms with Crippen molar-refractivity contribution in [2.45, 2.75) is 20.0 Å². The van der Waals surface area contributed by atoms with Gasteiger partial charge in [0.1, 0.15) is 5.82 Å². The van der Waals surface area contributed by atoms with Gasteiger partial charge in [-0.05, 0) is 13.8 Å². The summed E-state index contributed by atoms with van der Waals surface area (Å²) in [4.78, 5) is 11.9. The van der Waals surface area contributed by atoms with Crippen LogP contribution >= 0.6 is 0 Å². The molecule has 24 heavy (non-hydrogen) atoms. The van der Waals surface area contributed by atoms with E-state index in [9.17, 15) is 13.2 Å². The Hall–Kier alpha value is -2.16. The summed E-state index contributed by atoms with van der Waals surface area (Å²) in [5.41, 5.74) is 1.71. The van der Waals surface area contributed by atoms with Crippen LogP contribution in [0, 0.1) is 6.92 Å². The molecule has 0 aromatic carbocycles. The first-order valence-corrected chi connectivity index (χ1v) is 7.67. The molecule has 1 aliphatic rings. The highest BCUT2D eigenvalue weighted by Gasteiger charge is 2.37. The number of rotatable bonds is 3. The third-order valence-electron chi connectivity index (χ3n) is 3.86. The van der Waals surface area contributed by atoms with E-state index in [1.165, 1.54) is 4.52 Å². The molecule has 0 atom stereocenters. The molecule has 2 aromatic heterocycles. The van der Waals surface area contributed by atoms with Crippen LogP contribution in [0.4, 0.5) is 19.0 Å². The second-order valence-electron chi connectivity index (χ2n) is 6.12. The smallest absolute Gasteiger partial charge is 0.354 e. The zero-order chi connectivity index (χ0) is 17.5. The molecule has 0 N–H and O–H groups in total. The predicted molar refractivity (Wildman–Crippen MR) is 84.0 cm³/mol. The van der Waals surface area contributed by atoms with Crippen molar-refractivity contribution in [3.63, 3.8) is 0 Å². The van der Waals surface area contributed by atoms with Crippen molar-refractivity contribution >= 4 is 11.6 Å².